The molecule has 1 N–H and O–H groups in total. The molecule has 3 aliphatic rings. The molecule has 0 bridgehead atoms. The molecule has 0 aromatic heterocycles. The number of aliphatic imine (C=N–C) groups is 1. The van der Waals surface area contributed by atoms with Crippen molar-refractivity contribution in [1.82, 2.24) is 15.1 Å². The molecule has 3 aliphatic heterocycles. The van der Waals surface area contributed by atoms with Crippen molar-refractivity contribution in [2.24, 2.45) is 10.4 Å². The third kappa shape index (κ3) is 3.91. The topological polar surface area (TPSA) is 54.7 Å². The second kappa shape index (κ2) is 8.44. The highest BCUT2D eigenvalue weighted by atomic mass is 15.3. The Morgan fingerprint density at radius 3 is 2.28 bits per heavy atom. The quantitative estimate of drug-likeness (QED) is 0.787. The second-order valence-corrected chi connectivity index (χ2v) is 9.55. The van der Waals surface area contributed by atoms with Crippen LogP contribution in [0.25, 0.3) is 11.4 Å². The Morgan fingerprint density at radius 2 is 1.66 bits per heavy atom. The first-order chi connectivity index (χ1) is 15.6. The average molecular weight is 426 g/mol. The van der Waals surface area contributed by atoms with Gasteiger partial charge in [0.2, 0.25) is 0 Å². The van der Waals surface area contributed by atoms with Crippen molar-refractivity contribution in [1.29, 1.82) is 5.26 Å². The number of hydrogen-bond donors (Lipinski definition) is 1. The molecule has 2 aromatic carbocycles. The number of nitrogens with zero attached hydrogens (tertiary/aromatic N) is 4. The van der Waals surface area contributed by atoms with Crippen molar-refractivity contribution in [2.45, 2.75) is 26.2 Å². The van der Waals surface area contributed by atoms with Gasteiger partial charge in [-0.3, -0.25) is 0 Å². The molecular formula is C27H31N5. The van der Waals surface area contributed by atoms with Crippen LogP contribution in [0.4, 0.5) is 0 Å². The summed E-state index contributed by atoms with van der Waals surface area (Å²) in [5, 5.41) is 12.8. The largest absolute Gasteiger partial charge is 0.365 e. The van der Waals surface area contributed by atoms with Gasteiger partial charge < -0.3 is 15.1 Å². The number of likely N-dealkylation sites (N-methyl/N-ethyl adjacent to an activating group) is 1. The molecule has 0 unspecified atom stereocenters. The minimum Gasteiger partial charge on any atom is -0.365 e. The molecule has 164 valence electrons. The van der Waals surface area contributed by atoms with Crippen LogP contribution in [-0.4, -0.2) is 55.4 Å². The van der Waals surface area contributed by atoms with E-state index < -0.39 is 0 Å². The highest BCUT2D eigenvalue weighted by Gasteiger charge is 2.38. The normalized spacial score (nSPS) is 20.5. The Labute approximate surface area is 191 Å². The van der Waals surface area contributed by atoms with E-state index in [9.17, 15) is 5.26 Å². The molecule has 5 rings (SSSR count). The smallest absolute Gasteiger partial charge is 0.125 e. The first kappa shape index (κ1) is 20.8. The van der Waals surface area contributed by atoms with Crippen LogP contribution < -0.4 is 5.32 Å². The Morgan fingerprint density at radius 1 is 0.969 bits per heavy atom. The Balaban J connectivity index is 1.52. The van der Waals surface area contributed by atoms with Gasteiger partial charge in [0.05, 0.1) is 29.6 Å². The molecule has 0 aliphatic carbocycles. The van der Waals surface area contributed by atoms with Crippen LogP contribution in [0.15, 0.2) is 53.5 Å². The van der Waals surface area contributed by atoms with Crippen molar-refractivity contribution in [3.05, 3.63) is 70.8 Å². The zero-order valence-electron chi connectivity index (χ0n) is 19.1. The summed E-state index contributed by atoms with van der Waals surface area (Å²) in [5.41, 5.74) is 6.78. The molecule has 32 heavy (non-hydrogen) atoms. The van der Waals surface area contributed by atoms with E-state index in [1.54, 1.807) is 0 Å². The highest BCUT2D eigenvalue weighted by Crippen LogP contribution is 2.38. The summed E-state index contributed by atoms with van der Waals surface area (Å²) in [7, 11) is 2.17. The van der Waals surface area contributed by atoms with E-state index in [1.807, 2.05) is 24.3 Å². The maximum atomic E-state index is 9.23. The SMILES string of the molecule is Cc1ccc(C2=C(c3ccc(C#N)cc3)N=C(N3CCC4(CCNC4)CC3)CN2C)cc1. The fourth-order valence-corrected chi connectivity index (χ4v) is 5.29. The number of likely N-dealkylation sites (tertiary alicyclic amines) is 1. The fraction of sp³-hybridized carbons (Fsp3) is 0.407. The van der Waals surface area contributed by atoms with Gasteiger partial charge in [0.1, 0.15) is 5.84 Å². The van der Waals surface area contributed by atoms with Crippen LogP contribution in [0.1, 0.15) is 41.5 Å². The van der Waals surface area contributed by atoms with E-state index in [4.69, 9.17) is 4.99 Å². The Bertz CT molecular complexity index is 1070. The van der Waals surface area contributed by atoms with Crippen LogP contribution in [0.5, 0.6) is 0 Å². The summed E-state index contributed by atoms with van der Waals surface area (Å²) in [6.45, 7) is 7.41. The molecule has 2 aromatic rings. The summed E-state index contributed by atoms with van der Waals surface area (Å²) in [6.07, 6.45) is 3.79. The van der Waals surface area contributed by atoms with Crippen LogP contribution in [0, 0.1) is 23.7 Å². The van der Waals surface area contributed by atoms with Crippen LogP contribution in [0.2, 0.25) is 0 Å². The van der Waals surface area contributed by atoms with E-state index in [0.29, 0.717) is 11.0 Å². The molecule has 2 saturated heterocycles. The maximum absolute atomic E-state index is 9.23. The Kier molecular flexibility index (Phi) is 5.48. The van der Waals surface area contributed by atoms with Gasteiger partial charge in [-0.1, -0.05) is 42.0 Å². The van der Waals surface area contributed by atoms with Crippen molar-refractivity contribution in [3.8, 4) is 6.07 Å². The van der Waals surface area contributed by atoms with Crippen LogP contribution >= 0.6 is 0 Å². The van der Waals surface area contributed by atoms with E-state index in [0.717, 1.165) is 49.0 Å². The predicted octanol–water partition coefficient (Wildman–Crippen LogP) is 4.11. The van der Waals surface area contributed by atoms with E-state index >= 15 is 0 Å². The molecule has 0 amide bonds. The highest BCUT2D eigenvalue weighted by molar-refractivity contribution is 6.01. The first-order valence-electron chi connectivity index (χ1n) is 11.6. The van der Waals surface area contributed by atoms with Gasteiger partial charge in [-0.05, 0) is 50.3 Å². The lowest BCUT2D eigenvalue weighted by atomic mass is 9.78. The molecule has 5 nitrogen and oxygen atoms in total. The molecular weight excluding hydrogens is 394 g/mol. The standard InChI is InChI=1S/C27H31N5/c1-20-3-7-23(8-4-20)26-25(22-9-5-21(17-28)6-10-22)30-24(18-31(26)2)32-15-12-27(13-16-32)11-14-29-19-27/h3-10,29H,11-16,18-19H2,1-2H3. The molecule has 1 spiro atoms. The number of rotatable bonds is 2. The van der Waals surface area contributed by atoms with Gasteiger partial charge in [0, 0.05) is 37.8 Å². The van der Waals surface area contributed by atoms with Crippen molar-refractivity contribution < 1.29 is 0 Å². The van der Waals surface area contributed by atoms with Crippen molar-refractivity contribution >= 4 is 17.2 Å². The molecule has 0 radical (unpaired) electrons. The predicted molar refractivity (Wildman–Crippen MR) is 130 cm³/mol. The number of aryl methyl sites for hydroxylation is 1. The summed E-state index contributed by atoms with van der Waals surface area (Å²) in [4.78, 5) is 10.1. The van der Waals surface area contributed by atoms with Crippen molar-refractivity contribution in [2.75, 3.05) is 39.8 Å². The zero-order valence-corrected chi connectivity index (χ0v) is 19.1. The number of hydrogen-bond acceptors (Lipinski definition) is 5. The molecule has 0 atom stereocenters. The van der Waals surface area contributed by atoms with Crippen LogP contribution in [-0.2, 0) is 0 Å². The van der Waals surface area contributed by atoms with Gasteiger partial charge in [0.15, 0.2) is 0 Å². The number of nitrogens with one attached hydrogen (secondary N) is 1. The minimum absolute atomic E-state index is 0.497. The third-order valence-corrected chi connectivity index (χ3v) is 7.36. The molecule has 3 heterocycles. The maximum Gasteiger partial charge on any atom is 0.125 e. The van der Waals surface area contributed by atoms with E-state index in [2.05, 4.69) is 59.4 Å². The lowest BCUT2D eigenvalue weighted by molar-refractivity contribution is 0.166. The summed E-state index contributed by atoms with van der Waals surface area (Å²) in [5.74, 6) is 1.16. The van der Waals surface area contributed by atoms with E-state index in [1.165, 1.54) is 36.9 Å². The summed E-state index contributed by atoms with van der Waals surface area (Å²) >= 11 is 0. The fourth-order valence-electron chi connectivity index (χ4n) is 5.29. The lowest BCUT2D eigenvalue weighted by Gasteiger charge is -2.42. The minimum atomic E-state index is 0.497. The van der Waals surface area contributed by atoms with Crippen LogP contribution in [0.3, 0.4) is 0 Å². The first-order valence-corrected chi connectivity index (χ1v) is 11.6. The third-order valence-electron chi connectivity index (χ3n) is 7.36. The molecule has 5 heteroatoms. The van der Waals surface area contributed by atoms with Gasteiger partial charge in [-0.25, -0.2) is 4.99 Å². The van der Waals surface area contributed by atoms with Crippen molar-refractivity contribution in [3.63, 3.8) is 0 Å². The monoisotopic (exact) mass is 425 g/mol. The summed E-state index contributed by atoms with van der Waals surface area (Å²) in [6, 6.07) is 18.7. The average Bonchev–Trinajstić information content (AvgIpc) is 3.28. The number of amidine groups is 1. The number of piperidine rings is 1. The Hall–Kier alpha value is -3.10. The summed E-state index contributed by atoms with van der Waals surface area (Å²) < 4.78 is 0. The molecule has 2 fully saturated rings. The second-order valence-electron chi connectivity index (χ2n) is 9.55. The van der Waals surface area contributed by atoms with Gasteiger partial charge in [-0.15, -0.1) is 0 Å². The van der Waals surface area contributed by atoms with Gasteiger partial charge >= 0.3 is 0 Å². The lowest BCUT2D eigenvalue weighted by Crippen LogP contribution is -2.47. The molecule has 0 saturated carbocycles. The van der Waals surface area contributed by atoms with E-state index in [-0.39, 0.29) is 0 Å². The number of benzene rings is 2. The van der Waals surface area contributed by atoms with Gasteiger partial charge in [-0.2, -0.15) is 5.26 Å². The number of nitriles is 1. The van der Waals surface area contributed by atoms with Gasteiger partial charge in [0.25, 0.3) is 0 Å². The zero-order chi connectivity index (χ0) is 22.1.